The van der Waals surface area contributed by atoms with Gasteiger partial charge in [0.25, 0.3) is 0 Å². The number of aliphatic imine (C=N–C) groups is 1. The van der Waals surface area contributed by atoms with Crippen LogP contribution in [0.4, 0.5) is 11.4 Å². The van der Waals surface area contributed by atoms with Gasteiger partial charge in [-0.05, 0) is 94.2 Å². The average Bonchev–Trinajstić information content (AvgIpc) is 1.62. The molecule has 1 fully saturated rings. The maximum atomic E-state index is 14.8. The number of unbranched alkanes of at least 4 members (excludes halogenated alkanes) is 3. The minimum atomic E-state index is -4.65. The van der Waals surface area contributed by atoms with Gasteiger partial charge >= 0.3 is 5.97 Å². The summed E-state index contributed by atoms with van der Waals surface area (Å²) in [5, 5.41) is 35.8. The number of carbonyl (C=O) groups excluding carboxylic acids is 11. The van der Waals surface area contributed by atoms with E-state index in [-0.39, 0.29) is 151 Å². The number of allylic oxidation sites excluding steroid dienone is 6. The Morgan fingerprint density at radius 1 is 0.631 bits per heavy atom. The van der Waals surface area contributed by atoms with Gasteiger partial charge < -0.3 is 104 Å². The number of nitrogens with one attached hydrogen (secondary N) is 11. The molecule has 7 atom stereocenters. The molecule has 3 aliphatic rings. The van der Waals surface area contributed by atoms with Crippen molar-refractivity contribution in [1.82, 2.24) is 57.9 Å². The van der Waals surface area contributed by atoms with Gasteiger partial charge in [0.15, 0.2) is 11.7 Å². The summed E-state index contributed by atoms with van der Waals surface area (Å²) >= 11 is 9.53. The Kier molecular flexibility index (Phi) is 42.8. The normalized spacial score (nSPS) is 20.4. The lowest BCUT2D eigenvalue weighted by atomic mass is 9.81. The number of benzene rings is 3. The lowest BCUT2D eigenvalue weighted by molar-refractivity contribution is -0.401. The van der Waals surface area contributed by atoms with E-state index in [0.717, 1.165) is 53.1 Å². The molecule has 6 rings (SSSR count). The van der Waals surface area contributed by atoms with Crippen LogP contribution in [0.5, 0.6) is 0 Å². The van der Waals surface area contributed by atoms with Crippen LogP contribution in [-0.2, 0) is 104 Å². The zero-order valence-corrected chi connectivity index (χ0v) is 72.8. The van der Waals surface area contributed by atoms with Gasteiger partial charge in [-0.1, -0.05) is 99.0 Å². The maximum absolute atomic E-state index is 14.8. The average molecular weight is 1780 g/mol. The first-order valence-corrected chi connectivity index (χ1v) is 43.9. The predicted molar refractivity (Wildman–Crippen MR) is 464 cm³/mol. The van der Waals surface area contributed by atoms with Crippen LogP contribution in [0.15, 0.2) is 119 Å². The molecule has 3 aromatic carbocycles. The molecule has 3 aromatic rings. The molecule has 0 bridgehead atoms. The Balaban J connectivity index is 1.15. The Bertz CT molecular complexity index is 4360. The van der Waals surface area contributed by atoms with E-state index in [1.54, 1.807) is 36.4 Å². The molecule has 0 radical (unpaired) electrons. The number of hydrogen-bond donors (Lipinski definition) is 17. The van der Waals surface area contributed by atoms with E-state index in [4.69, 9.17) is 36.1 Å². The van der Waals surface area contributed by atoms with Crippen LogP contribution in [0.25, 0.3) is 0 Å². The number of carbonyl (C=O) groups is 12. The standard InChI is InChI=1S/C81H117N17O20S4/c1-80(2)54-22-14-15-25-64(54)98(66(80)27-12-7-11-26-65-81(3,4)55-45-53(122(112,113)114)29-30-63(55)97(65)5)36-18-8-13-28-68(100)85-32-17-16-23-57-74(107)93-60(49-119)77(110)91-56(24-19-33-88-79(83)84)72(105)89-47-69(101)90-59(46-71(103)104)76(109)94-61(50-120)78(111)92-58(44-52-20-9-6-10-21-52)75(108)95-62(51-121-96-57)73(106)87-35-39-116-41-43-117-42-40-115-38-34-86-70(102)48-118-37-31-67(82)99/h6-7,9-12,14-15,20-22,25-27,29-30,45,56-62,96H,8,13,16-19,23-24,28,31-44,46-51H2,1-5H3,(H19-,82,83,84,85,86,87,88,89,90,91,92,93,94,95,99,100,101,102,103,104,105,106,107,108,109,110,111,112,113,114,119,120)/t56-,57-,58-,59-,60-,61-,62-/m0/s1. The molecule has 0 aliphatic carbocycles. The summed E-state index contributed by atoms with van der Waals surface area (Å²) in [6.45, 7) is 9.01. The maximum Gasteiger partial charge on any atom is 0.305 e. The minimum Gasteiger partial charge on any atom is -0.744 e. The fourth-order valence-corrected chi connectivity index (χ4v) is 15.4. The third-order valence-electron chi connectivity index (χ3n) is 19.9. The molecule has 0 aromatic heterocycles. The quantitative estimate of drug-likeness (QED) is 0.00505. The molecule has 41 heteroatoms. The van der Waals surface area contributed by atoms with Crippen LogP contribution in [0.2, 0.25) is 0 Å². The molecule has 3 aliphatic heterocycles. The Morgan fingerprint density at radius 3 is 1.89 bits per heavy atom. The van der Waals surface area contributed by atoms with E-state index >= 15 is 0 Å². The molecular weight excluding hydrogens is 1660 g/mol. The monoisotopic (exact) mass is 1780 g/mol. The fraction of sp³-hybridized carbons (Fsp3) is 0.531. The summed E-state index contributed by atoms with van der Waals surface area (Å²) in [4.78, 5) is 168. The summed E-state index contributed by atoms with van der Waals surface area (Å²) in [7, 11) is -2.74. The van der Waals surface area contributed by atoms with Crippen molar-refractivity contribution in [2.24, 2.45) is 22.2 Å². The van der Waals surface area contributed by atoms with E-state index in [1.165, 1.54) is 17.7 Å². The van der Waals surface area contributed by atoms with E-state index in [1.807, 2.05) is 61.9 Å². The number of nitrogens with two attached hydrogens (primary N) is 3. The number of carboxylic acids is 1. The Hall–Kier alpha value is -9.98. The third-order valence-corrected chi connectivity index (χ3v) is 22.5. The number of nitrogens with zero attached hydrogens (tertiary/aromatic N) is 3. The fourth-order valence-electron chi connectivity index (χ4n) is 13.5. The van der Waals surface area contributed by atoms with Crippen LogP contribution in [0.3, 0.4) is 0 Å². The third kappa shape index (κ3) is 33.7. The summed E-state index contributed by atoms with van der Waals surface area (Å²) < 4.78 is 62.7. The molecule has 37 nitrogen and oxygen atoms in total. The van der Waals surface area contributed by atoms with Gasteiger partial charge in [-0.15, -0.1) is 0 Å². The van der Waals surface area contributed by atoms with Crippen molar-refractivity contribution >= 4 is 141 Å². The van der Waals surface area contributed by atoms with Gasteiger partial charge in [0.1, 0.15) is 60.0 Å². The second-order valence-electron chi connectivity index (χ2n) is 29.9. The largest absolute Gasteiger partial charge is 0.744 e. The predicted octanol–water partition coefficient (Wildman–Crippen LogP) is -0.313. The number of ether oxygens (including phenoxy) is 4. The van der Waals surface area contributed by atoms with Gasteiger partial charge in [0, 0.05) is 104 Å². The van der Waals surface area contributed by atoms with Crippen molar-refractivity contribution in [1.29, 1.82) is 0 Å². The second-order valence-corrected chi connectivity index (χ2v) is 32.9. The summed E-state index contributed by atoms with van der Waals surface area (Å²) in [6, 6.07) is 10.8. The van der Waals surface area contributed by atoms with Crippen LogP contribution >= 0.6 is 37.2 Å². The Labute approximate surface area is 726 Å². The van der Waals surface area contributed by atoms with Crippen LogP contribution in [0.1, 0.15) is 115 Å². The van der Waals surface area contributed by atoms with Crippen molar-refractivity contribution in [2.45, 2.75) is 163 Å². The van der Waals surface area contributed by atoms with Gasteiger partial charge in [0.2, 0.25) is 70.7 Å². The van der Waals surface area contributed by atoms with E-state index in [0.29, 0.717) is 31.4 Å². The number of rotatable bonds is 43. The zero-order valence-electron chi connectivity index (χ0n) is 69.4. The topological polar surface area (TPSA) is 548 Å². The smallest absolute Gasteiger partial charge is 0.305 e. The minimum absolute atomic E-state index is 0.000399. The second kappa shape index (κ2) is 51.8. The summed E-state index contributed by atoms with van der Waals surface area (Å²) in [5.74, 6) is -11.3. The summed E-state index contributed by atoms with van der Waals surface area (Å²) in [6.07, 6.45) is 11.8. The van der Waals surface area contributed by atoms with Crippen molar-refractivity contribution < 1.29 is 99.1 Å². The first-order chi connectivity index (χ1) is 58.2. The molecule has 1 saturated heterocycles. The summed E-state index contributed by atoms with van der Waals surface area (Å²) in [5.41, 5.74) is 21.6. The molecular formula is C81H117N17O20S4. The van der Waals surface area contributed by atoms with Crippen LogP contribution in [0, 0.1) is 0 Å². The van der Waals surface area contributed by atoms with Gasteiger partial charge in [-0.25, -0.2) is 8.42 Å². The Morgan fingerprint density at radius 2 is 1.24 bits per heavy atom. The molecule has 18 N–H and O–H groups in total. The number of thiol groups is 2. The van der Waals surface area contributed by atoms with Crippen molar-refractivity contribution in [3.05, 3.63) is 126 Å². The van der Waals surface area contributed by atoms with Gasteiger partial charge in [-0.3, -0.25) is 67.2 Å². The molecule has 670 valence electrons. The zero-order chi connectivity index (χ0) is 89.4. The van der Waals surface area contributed by atoms with Crippen molar-refractivity contribution in [3.8, 4) is 0 Å². The first-order valence-electron chi connectivity index (χ1n) is 40.2. The van der Waals surface area contributed by atoms with Gasteiger partial charge in [0.05, 0.1) is 75.6 Å². The molecule has 3 heterocycles. The number of carboxylic acid groups (broad SMARTS) is 1. The highest BCUT2D eigenvalue weighted by Gasteiger charge is 2.44. The van der Waals surface area contributed by atoms with E-state index in [2.05, 4.69) is 125 Å². The number of amides is 11. The van der Waals surface area contributed by atoms with Crippen molar-refractivity contribution in [3.63, 3.8) is 0 Å². The highest BCUT2D eigenvalue weighted by atomic mass is 32.2. The SMILES string of the molecule is C[N+]1=C(/C=C/C=C/C=C2/N(CCCCCC(=O)NCCCC[C@@H]3NSC[C@@H](C(=O)NCCOCCOCCOCCNC(=O)COCCC(N)=O)NC(=O)[C@H](Cc4ccccc4)NC(=O)[C@H](CS)NC(=O)[C@H](CC(=O)O)NC(=O)CNC(=O)[C@H](CCCN=C(N)N)NC(=O)[C@H](CS)NC3=O)c3ccccc3C2(C)C)C(C)(C)c2cc(S(=O)(=O)[O-])ccc21. The van der Waals surface area contributed by atoms with E-state index < -0.39 is 142 Å². The molecule has 0 unspecified atom stereocenters. The molecule has 0 spiro atoms. The number of primary amides is 1. The van der Waals surface area contributed by atoms with Crippen LogP contribution in [-0.4, -0.2) is 264 Å². The number of fused-ring (bicyclic) bond motifs is 2. The lowest BCUT2D eigenvalue weighted by Gasteiger charge is -2.27. The molecule has 0 saturated carbocycles. The number of para-hydroxylation sites is 1. The number of hydrogen-bond acceptors (Lipinski definition) is 25. The van der Waals surface area contributed by atoms with Gasteiger partial charge in [-0.2, -0.15) is 29.8 Å². The van der Waals surface area contributed by atoms with E-state index in [9.17, 15) is 75.6 Å². The first kappa shape index (κ1) is 101. The molecule has 11 amide bonds. The lowest BCUT2D eigenvalue weighted by Crippen LogP contribution is -2.60. The number of guanidine groups is 1. The highest BCUT2D eigenvalue weighted by molar-refractivity contribution is 7.97. The number of anilines is 1. The highest BCUT2D eigenvalue weighted by Crippen LogP contribution is 2.48. The van der Waals surface area contributed by atoms with Crippen LogP contribution < -0.4 is 80.0 Å². The van der Waals surface area contributed by atoms with Crippen molar-refractivity contribution in [2.75, 3.05) is 121 Å². The number of aliphatic carboxylic acids is 1. The molecule has 122 heavy (non-hydrogen) atoms.